The third-order valence-corrected chi connectivity index (χ3v) is 6.36. The predicted molar refractivity (Wildman–Crippen MR) is 131 cm³/mol. The summed E-state index contributed by atoms with van der Waals surface area (Å²) < 4.78 is 37.2. The number of nitrogens with one attached hydrogen (secondary N) is 2. The van der Waals surface area contributed by atoms with Crippen molar-refractivity contribution >= 4 is 35.8 Å². The summed E-state index contributed by atoms with van der Waals surface area (Å²) in [6.45, 7) is 1.32. The summed E-state index contributed by atoms with van der Waals surface area (Å²) in [5, 5.41) is 1.16. The Morgan fingerprint density at radius 1 is 1.29 bits per heavy atom. The number of rotatable bonds is 9. The molecule has 2 aromatic rings. The van der Waals surface area contributed by atoms with Crippen LogP contribution in [-0.2, 0) is 32.2 Å². The lowest BCUT2D eigenvalue weighted by Gasteiger charge is -2.32. The van der Waals surface area contributed by atoms with Crippen molar-refractivity contribution in [3.8, 4) is 0 Å². The summed E-state index contributed by atoms with van der Waals surface area (Å²) >= 11 is 6.03. The van der Waals surface area contributed by atoms with Crippen molar-refractivity contribution < 1.29 is 37.5 Å². The van der Waals surface area contributed by atoms with Crippen molar-refractivity contribution in [2.45, 2.75) is 38.6 Å². The maximum absolute atomic E-state index is 13.8. The Bertz CT molecular complexity index is 1250. The standard InChI is InChI=1S/C25H25ClF2N4O6/c1-15(33)32(29-11-17-3-2-4-22(28)23(17)26)20(10-21-14-36-25(35)38-21)13-37-30-24(34)31-8-7-16-9-19(27)6-5-18(16)12-31/h2-9,20-21,29H,10-14H2,1H3,(H,30,34)/t20-,21-/m1/s1. The highest BCUT2D eigenvalue weighted by Crippen LogP contribution is 2.22. The van der Waals surface area contributed by atoms with Gasteiger partial charge in [-0.15, -0.1) is 0 Å². The molecule has 202 valence electrons. The van der Waals surface area contributed by atoms with E-state index in [4.69, 9.17) is 25.9 Å². The Hall–Kier alpha value is -3.74. The molecule has 0 saturated carbocycles. The van der Waals surface area contributed by atoms with Gasteiger partial charge < -0.3 is 9.47 Å². The molecule has 0 unspecified atom stereocenters. The highest BCUT2D eigenvalue weighted by atomic mass is 35.5. The van der Waals surface area contributed by atoms with Crippen molar-refractivity contribution in [3.63, 3.8) is 0 Å². The van der Waals surface area contributed by atoms with E-state index in [2.05, 4.69) is 10.9 Å². The van der Waals surface area contributed by atoms with Gasteiger partial charge in [-0.1, -0.05) is 29.8 Å². The van der Waals surface area contributed by atoms with Crippen molar-refractivity contribution in [1.29, 1.82) is 0 Å². The van der Waals surface area contributed by atoms with Crippen LogP contribution >= 0.6 is 11.6 Å². The second-order valence-corrected chi connectivity index (χ2v) is 9.01. The number of hydrazine groups is 1. The average molecular weight is 551 g/mol. The molecule has 2 aliphatic heterocycles. The topological polar surface area (TPSA) is 109 Å². The van der Waals surface area contributed by atoms with Crippen LogP contribution in [0.1, 0.15) is 30.0 Å². The summed E-state index contributed by atoms with van der Waals surface area (Å²) in [5.41, 5.74) is 7.09. The fourth-order valence-corrected chi connectivity index (χ4v) is 4.25. The van der Waals surface area contributed by atoms with Crippen LogP contribution in [0.25, 0.3) is 6.08 Å². The number of benzene rings is 2. The van der Waals surface area contributed by atoms with Crippen molar-refractivity contribution in [1.82, 2.24) is 20.8 Å². The number of hydrogen-bond acceptors (Lipinski definition) is 7. The quantitative estimate of drug-likeness (QED) is 0.360. The van der Waals surface area contributed by atoms with Crippen molar-refractivity contribution in [2.75, 3.05) is 13.2 Å². The molecule has 0 radical (unpaired) electrons. The van der Waals surface area contributed by atoms with E-state index in [1.807, 2.05) is 0 Å². The van der Waals surface area contributed by atoms with Gasteiger partial charge in [0, 0.05) is 26.1 Å². The van der Waals surface area contributed by atoms with Crippen LogP contribution in [0.15, 0.2) is 42.6 Å². The fraction of sp³-hybridized carbons (Fsp3) is 0.320. The van der Waals surface area contributed by atoms with Crippen LogP contribution in [0.3, 0.4) is 0 Å². The monoisotopic (exact) mass is 550 g/mol. The minimum atomic E-state index is -0.825. The van der Waals surface area contributed by atoms with E-state index in [0.29, 0.717) is 11.1 Å². The summed E-state index contributed by atoms with van der Waals surface area (Å²) in [6, 6.07) is 7.28. The zero-order valence-electron chi connectivity index (χ0n) is 20.3. The number of hydroxylamine groups is 1. The van der Waals surface area contributed by atoms with E-state index < -0.39 is 36.1 Å². The molecule has 4 rings (SSSR count). The Kier molecular flexibility index (Phi) is 8.77. The van der Waals surface area contributed by atoms with Gasteiger partial charge in [-0.05, 0) is 41.0 Å². The summed E-state index contributed by atoms with van der Waals surface area (Å²) in [5.74, 6) is -1.38. The third-order valence-electron chi connectivity index (χ3n) is 5.94. The van der Waals surface area contributed by atoms with Gasteiger partial charge in [0.05, 0.1) is 24.2 Å². The second-order valence-electron chi connectivity index (χ2n) is 8.63. The van der Waals surface area contributed by atoms with E-state index in [-0.39, 0.29) is 43.6 Å². The summed E-state index contributed by atoms with van der Waals surface area (Å²) in [7, 11) is 0. The van der Waals surface area contributed by atoms with Gasteiger partial charge in [0.25, 0.3) is 0 Å². The van der Waals surface area contributed by atoms with Crippen LogP contribution in [0, 0.1) is 11.6 Å². The third kappa shape index (κ3) is 6.77. The number of amides is 3. The molecular weight excluding hydrogens is 526 g/mol. The van der Waals surface area contributed by atoms with Gasteiger partial charge in [-0.25, -0.2) is 29.3 Å². The number of ether oxygens (including phenoxy) is 2. The van der Waals surface area contributed by atoms with Crippen molar-refractivity contribution in [2.24, 2.45) is 0 Å². The van der Waals surface area contributed by atoms with Crippen LogP contribution in [0.2, 0.25) is 5.02 Å². The molecule has 2 N–H and O–H groups in total. The SMILES string of the molecule is CC(=O)N(NCc1cccc(F)c1Cl)[C@@H](CONC(=O)N1C=Cc2cc(F)ccc2C1)C[C@@H]1COC(=O)O1. The van der Waals surface area contributed by atoms with Crippen LogP contribution in [0.5, 0.6) is 0 Å². The maximum Gasteiger partial charge on any atom is 0.508 e. The maximum atomic E-state index is 13.8. The lowest BCUT2D eigenvalue weighted by molar-refractivity contribution is -0.138. The summed E-state index contributed by atoms with van der Waals surface area (Å²) in [6.07, 6.45) is 1.74. The van der Waals surface area contributed by atoms with Gasteiger partial charge in [0.2, 0.25) is 5.91 Å². The lowest BCUT2D eigenvalue weighted by atomic mass is 10.0. The highest BCUT2D eigenvalue weighted by molar-refractivity contribution is 6.31. The molecule has 0 aliphatic carbocycles. The number of urea groups is 1. The lowest BCUT2D eigenvalue weighted by Crippen LogP contribution is -2.52. The van der Waals surface area contributed by atoms with Gasteiger partial charge in [-0.2, -0.15) is 0 Å². The number of carbonyl (C=O) groups is 3. The Labute approximate surface area is 222 Å². The highest BCUT2D eigenvalue weighted by Gasteiger charge is 2.32. The van der Waals surface area contributed by atoms with Crippen LogP contribution in [-0.4, -0.2) is 53.4 Å². The fourth-order valence-electron chi connectivity index (χ4n) is 4.05. The average Bonchev–Trinajstić information content (AvgIpc) is 3.30. The number of cyclic esters (lactones) is 2. The zero-order chi connectivity index (χ0) is 27.2. The van der Waals surface area contributed by atoms with E-state index in [0.717, 1.165) is 5.56 Å². The Morgan fingerprint density at radius 2 is 2.11 bits per heavy atom. The molecule has 2 heterocycles. The molecule has 1 fully saturated rings. The van der Waals surface area contributed by atoms with E-state index in [1.54, 1.807) is 18.2 Å². The van der Waals surface area contributed by atoms with Gasteiger partial charge in [0.15, 0.2) is 0 Å². The number of halogens is 3. The number of hydrogen-bond donors (Lipinski definition) is 2. The number of fused-ring (bicyclic) bond motifs is 1. The molecule has 0 aromatic heterocycles. The molecule has 2 aliphatic rings. The summed E-state index contributed by atoms with van der Waals surface area (Å²) in [4.78, 5) is 43.3. The Balaban J connectivity index is 1.39. The normalized spacial score (nSPS) is 16.9. The van der Waals surface area contributed by atoms with Gasteiger partial charge in [-0.3, -0.25) is 19.5 Å². The molecule has 2 atom stereocenters. The Morgan fingerprint density at radius 3 is 2.84 bits per heavy atom. The molecule has 2 aromatic carbocycles. The minimum absolute atomic E-state index is 0.0122. The second kappa shape index (κ2) is 12.2. The molecule has 0 spiro atoms. The van der Waals surface area contributed by atoms with E-state index in [9.17, 15) is 23.2 Å². The van der Waals surface area contributed by atoms with Crippen molar-refractivity contribution in [3.05, 3.63) is 75.9 Å². The smallest absolute Gasteiger partial charge is 0.430 e. The largest absolute Gasteiger partial charge is 0.508 e. The van der Waals surface area contributed by atoms with Crippen LogP contribution in [0.4, 0.5) is 18.4 Å². The minimum Gasteiger partial charge on any atom is -0.430 e. The molecule has 10 nitrogen and oxygen atoms in total. The molecule has 13 heteroatoms. The van der Waals surface area contributed by atoms with Gasteiger partial charge in [0.1, 0.15) is 24.3 Å². The molecular formula is C25H25ClF2N4O6. The predicted octanol–water partition coefficient (Wildman–Crippen LogP) is 3.89. The number of nitrogens with zero attached hydrogens (tertiary/aromatic N) is 2. The first-order valence-electron chi connectivity index (χ1n) is 11.7. The first-order valence-corrected chi connectivity index (χ1v) is 12.0. The first kappa shape index (κ1) is 27.3. The molecule has 38 heavy (non-hydrogen) atoms. The zero-order valence-corrected chi connectivity index (χ0v) is 21.0. The van der Waals surface area contributed by atoms with E-state index in [1.165, 1.54) is 47.3 Å². The molecule has 1 saturated heterocycles. The number of carbonyl (C=O) groups excluding carboxylic acids is 3. The first-order chi connectivity index (χ1) is 18.2. The van der Waals surface area contributed by atoms with E-state index >= 15 is 0 Å². The van der Waals surface area contributed by atoms with Gasteiger partial charge >= 0.3 is 12.2 Å². The molecule has 0 bridgehead atoms. The molecule has 3 amide bonds. The van der Waals surface area contributed by atoms with Crippen LogP contribution < -0.4 is 10.9 Å².